The molecular formula is C20H22Cl2N2O2. The SMILES string of the molecule is COc1ccc(Cl)cc1C(=O)NC1CCN(Cc2ccc(Cl)cc2)CC1. The number of piperidine rings is 1. The Morgan fingerprint density at radius 3 is 2.42 bits per heavy atom. The van der Waals surface area contributed by atoms with Crippen LogP contribution in [0, 0.1) is 0 Å². The molecule has 0 spiro atoms. The van der Waals surface area contributed by atoms with Gasteiger partial charge in [0.25, 0.3) is 5.91 Å². The zero-order valence-corrected chi connectivity index (χ0v) is 16.2. The molecular weight excluding hydrogens is 371 g/mol. The lowest BCUT2D eigenvalue weighted by atomic mass is 10.0. The lowest BCUT2D eigenvalue weighted by molar-refractivity contribution is 0.0906. The van der Waals surface area contributed by atoms with Gasteiger partial charge in [0.15, 0.2) is 0 Å². The molecule has 1 fully saturated rings. The molecule has 1 aliphatic rings. The molecule has 2 aromatic rings. The van der Waals surface area contributed by atoms with Crippen LogP contribution in [0.3, 0.4) is 0 Å². The first kappa shape index (κ1) is 19.0. The van der Waals surface area contributed by atoms with Gasteiger partial charge in [-0.2, -0.15) is 0 Å². The van der Waals surface area contributed by atoms with Crippen molar-refractivity contribution in [1.29, 1.82) is 0 Å². The molecule has 1 heterocycles. The largest absolute Gasteiger partial charge is 0.496 e. The highest BCUT2D eigenvalue weighted by Gasteiger charge is 2.22. The molecule has 4 nitrogen and oxygen atoms in total. The summed E-state index contributed by atoms with van der Waals surface area (Å²) < 4.78 is 5.27. The molecule has 3 rings (SSSR count). The van der Waals surface area contributed by atoms with Crippen molar-refractivity contribution in [2.75, 3.05) is 20.2 Å². The maximum atomic E-state index is 12.6. The van der Waals surface area contributed by atoms with Gasteiger partial charge in [-0.15, -0.1) is 0 Å². The summed E-state index contributed by atoms with van der Waals surface area (Å²) in [6.45, 7) is 2.79. The van der Waals surface area contributed by atoms with Crippen molar-refractivity contribution < 1.29 is 9.53 Å². The third-order valence-electron chi connectivity index (χ3n) is 4.65. The number of carbonyl (C=O) groups excluding carboxylic acids is 1. The first-order valence-corrected chi connectivity index (χ1v) is 9.42. The van der Waals surface area contributed by atoms with E-state index in [1.807, 2.05) is 12.1 Å². The summed E-state index contributed by atoms with van der Waals surface area (Å²) in [6.07, 6.45) is 1.84. The summed E-state index contributed by atoms with van der Waals surface area (Å²) in [7, 11) is 1.55. The fraction of sp³-hybridized carbons (Fsp3) is 0.350. The first-order chi connectivity index (χ1) is 12.5. The fourth-order valence-corrected chi connectivity index (χ4v) is 3.50. The number of methoxy groups -OCH3 is 1. The van der Waals surface area contributed by atoms with Crippen molar-refractivity contribution in [3.8, 4) is 5.75 Å². The summed E-state index contributed by atoms with van der Waals surface area (Å²) in [6, 6.07) is 13.2. The molecule has 2 aromatic carbocycles. The number of nitrogens with one attached hydrogen (secondary N) is 1. The van der Waals surface area contributed by atoms with Crippen LogP contribution in [0.4, 0.5) is 0 Å². The third-order valence-corrected chi connectivity index (χ3v) is 5.14. The van der Waals surface area contributed by atoms with Crippen LogP contribution in [-0.2, 0) is 6.54 Å². The Balaban J connectivity index is 1.53. The van der Waals surface area contributed by atoms with Gasteiger partial charge in [0.1, 0.15) is 5.75 Å². The average Bonchev–Trinajstić information content (AvgIpc) is 2.65. The number of rotatable bonds is 5. The van der Waals surface area contributed by atoms with Gasteiger partial charge in [0.2, 0.25) is 0 Å². The molecule has 1 amide bonds. The van der Waals surface area contributed by atoms with E-state index < -0.39 is 0 Å². The van der Waals surface area contributed by atoms with Crippen LogP contribution in [0.5, 0.6) is 5.75 Å². The highest BCUT2D eigenvalue weighted by Crippen LogP contribution is 2.23. The number of ether oxygens (including phenoxy) is 1. The maximum absolute atomic E-state index is 12.6. The summed E-state index contributed by atoms with van der Waals surface area (Å²) in [5.41, 5.74) is 1.73. The van der Waals surface area contributed by atoms with Crippen LogP contribution in [0.2, 0.25) is 10.0 Å². The van der Waals surface area contributed by atoms with Crippen molar-refractivity contribution in [2.24, 2.45) is 0 Å². The Morgan fingerprint density at radius 2 is 1.77 bits per heavy atom. The van der Waals surface area contributed by atoms with Crippen LogP contribution in [-0.4, -0.2) is 37.0 Å². The molecule has 0 saturated carbocycles. The highest BCUT2D eigenvalue weighted by atomic mass is 35.5. The monoisotopic (exact) mass is 392 g/mol. The summed E-state index contributed by atoms with van der Waals surface area (Å²) >= 11 is 11.9. The summed E-state index contributed by atoms with van der Waals surface area (Å²) in [5, 5.41) is 4.39. The number of likely N-dealkylation sites (tertiary alicyclic amines) is 1. The van der Waals surface area contributed by atoms with Gasteiger partial charge in [0, 0.05) is 35.7 Å². The Bertz CT molecular complexity index is 757. The fourth-order valence-electron chi connectivity index (χ4n) is 3.20. The maximum Gasteiger partial charge on any atom is 0.255 e. The van der Waals surface area contributed by atoms with Crippen molar-refractivity contribution in [1.82, 2.24) is 10.2 Å². The lowest BCUT2D eigenvalue weighted by Gasteiger charge is -2.32. The van der Waals surface area contributed by atoms with Gasteiger partial charge in [-0.3, -0.25) is 9.69 Å². The Morgan fingerprint density at radius 1 is 1.12 bits per heavy atom. The van der Waals surface area contributed by atoms with E-state index in [0.717, 1.165) is 37.5 Å². The second kappa shape index (κ2) is 8.76. The van der Waals surface area contributed by atoms with Gasteiger partial charge in [-0.05, 0) is 48.7 Å². The predicted molar refractivity (Wildman–Crippen MR) is 105 cm³/mol. The van der Waals surface area contributed by atoms with E-state index in [-0.39, 0.29) is 11.9 Å². The summed E-state index contributed by atoms with van der Waals surface area (Å²) in [4.78, 5) is 15.0. The van der Waals surface area contributed by atoms with Gasteiger partial charge in [-0.1, -0.05) is 35.3 Å². The number of carbonyl (C=O) groups is 1. The molecule has 1 aliphatic heterocycles. The quantitative estimate of drug-likeness (QED) is 0.819. The van der Waals surface area contributed by atoms with Crippen LogP contribution >= 0.6 is 23.2 Å². The molecule has 1 saturated heterocycles. The van der Waals surface area contributed by atoms with E-state index in [0.29, 0.717) is 16.3 Å². The van der Waals surface area contributed by atoms with Crippen LogP contribution < -0.4 is 10.1 Å². The average molecular weight is 393 g/mol. The van der Waals surface area contributed by atoms with E-state index in [4.69, 9.17) is 27.9 Å². The molecule has 0 atom stereocenters. The summed E-state index contributed by atoms with van der Waals surface area (Å²) in [5.74, 6) is 0.396. The molecule has 1 N–H and O–H groups in total. The van der Waals surface area contributed by atoms with E-state index >= 15 is 0 Å². The molecule has 0 aromatic heterocycles. The van der Waals surface area contributed by atoms with Crippen LogP contribution in [0.15, 0.2) is 42.5 Å². The molecule has 0 bridgehead atoms. The van der Waals surface area contributed by atoms with E-state index in [9.17, 15) is 4.79 Å². The zero-order chi connectivity index (χ0) is 18.5. The number of amides is 1. The van der Waals surface area contributed by atoms with Gasteiger partial charge >= 0.3 is 0 Å². The lowest BCUT2D eigenvalue weighted by Crippen LogP contribution is -2.44. The van der Waals surface area contributed by atoms with E-state index in [1.54, 1.807) is 25.3 Å². The molecule has 138 valence electrons. The second-order valence-electron chi connectivity index (χ2n) is 6.49. The minimum Gasteiger partial charge on any atom is -0.496 e. The van der Waals surface area contributed by atoms with Crippen LogP contribution in [0.1, 0.15) is 28.8 Å². The van der Waals surface area contributed by atoms with Crippen molar-refractivity contribution in [3.63, 3.8) is 0 Å². The van der Waals surface area contributed by atoms with E-state index in [1.165, 1.54) is 5.56 Å². The van der Waals surface area contributed by atoms with E-state index in [2.05, 4.69) is 22.3 Å². The molecule has 6 heteroatoms. The third kappa shape index (κ3) is 4.91. The zero-order valence-electron chi connectivity index (χ0n) is 14.7. The minimum atomic E-state index is -0.138. The molecule has 0 radical (unpaired) electrons. The number of nitrogens with zero attached hydrogens (tertiary/aromatic N) is 1. The van der Waals surface area contributed by atoms with Crippen molar-refractivity contribution in [3.05, 3.63) is 63.6 Å². The standard InChI is InChI=1S/C20H22Cl2N2O2/c1-26-19-7-6-16(22)12-18(19)20(25)23-17-8-10-24(11-9-17)13-14-2-4-15(21)5-3-14/h2-7,12,17H,8-11,13H2,1H3,(H,23,25). The number of hydrogen-bond donors (Lipinski definition) is 1. The number of benzene rings is 2. The molecule has 0 aliphatic carbocycles. The number of halogens is 2. The molecule has 26 heavy (non-hydrogen) atoms. The van der Waals surface area contributed by atoms with Gasteiger partial charge < -0.3 is 10.1 Å². The van der Waals surface area contributed by atoms with Crippen molar-refractivity contribution in [2.45, 2.75) is 25.4 Å². The number of hydrogen-bond acceptors (Lipinski definition) is 3. The predicted octanol–water partition coefficient (Wildman–Crippen LogP) is 4.40. The Labute approximate surface area is 164 Å². The van der Waals surface area contributed by atoms with Crippen LogP contribution in [0.25, 0.3) is 0 Å². The topological polar surface area (TPSA) is 41.6 Å². The van der Waals surface area contributed by atoms with Gasteiger partial charge in [-0.25, -0.2) is 0 Å². The highest BCUT2D eigenvalue weighted by molar-refractivity contribution is 6.31. The Kier molecular flexibility index (Phi) is 6.41. The Hall–Kier alpha value is -1.75. The normalized spacial score (nSPS) is 15.7. The first-order valence-electron chi connectivity index (χ1n) is 8.66. The molecule has 0 unspecified atom stereocenters. The minimum absolute atomic E-state index is 0.138. The van der Waals surface area contributed by atoms with Crippen molar-refractivity contribution >= 4 is 29.1 Å². The van der Waals surface area contributed by atoms with Gasteiger partial charge in [0.05, 0.1) is 12.7 Å². The smallest absolute Gasteiger partial charge is 0.255 e. The second-order valence-corrected chi connectivity index (χ2v) is 7.37.